The van der Waals surface area contributed by atoms with E-state index in [4.69, 9.17) is 14.2 Å². The molecule has 9 heteroatoms. The van der Waals surface area contributed by atoms with Gasteiger partial charge in [-0.3, -0.25) is 19.3 Å². The molecule has 1 aromatic carbocycles. The first-order chi connectivity index (χ1) is 14.9. The van der Waals surface area contributed by atoms with Crippen LogP contribution in [0.3, 0.4) is 0 Å². The number of piperidine rings is 1. The van der Waals surface area contributed by atoms with Crippen molar-refractivity contribution in [3.63, 3.8) is 0 Å². The fourth-order valence-electron chi connectivity index (χ4n) is 4.19. The van der Waals surface area contributed by atoms with Gasteiger partial charge in [0.25, 0.3) is 0 Å². The van der Waals surface area contributed by atoms with Crippen molar-refractivity contribution in [1.82, 2.24) is 15.1 Å². The maximum atomic E-state index is 12.9. The standard InChI is InChI=1S/C22H31N3O6/c1-29-17-10-15(11-18(12-17)30-2)14-25-9-6-23-21(27)19(25)13-20(26)24-7-4-16(5-8-24)22(28)31-3/h10-12,16,19H,4-9,13-14H2,1-3H3,(H,23,27)/t19-/m1/s1. The minimum absolute atomic E-state index is 0.0708. The summed E-state index contributed by atoms with van der Waals surface area (Å²) in [4.78, 5) is 41.0. The van der Waals surface area contributed by atoms with Crippen molar-refractivity contribution in [1.29, 1.82) is 0 Å². The van der Waals surface area contributed by atoms with E-state index in [0.717, 1.165) is 5.56 Å². The summed E-state index contributed by atoms with van der Waals surface area (Å²) < 4.78 is 15.5. The third-order valence-electron chi connectivity index (χ3n) is 5.99. The molecule has 0 spiro atoms. The highest BCUT2D eigenvalue weighted by molar-refractivity contribution is 5.89. The van der Waals surface area contributed by atoms with Crippen LogP contribution >= 0.6 is 0 Å². The molecule has 3 rings (SSSR count). The predicted molar refractivity (Wildman–Crippen MR) is 113 cm³/mol. The Morgan fingerprint density at radius 2 is 1.68 bits per heavy atom. The molecule has 2 heterocycles. The number of amides is 2. The van der Waals surface area contributed by atoms with Gasteiger partial charge in [0.1, 0.15) is 11.5 Å². The zero-order chi connectivity index (χ0) is 22.4. The van der Waals surface area contributed by atoms with Gasteiger partial charge in [0.2, 0.25) is 11.8 Å². The Balaban J connectivity index is 1.65. The van der Waals surface area contributed by atoms with Gasteiger partial charge in [-0.1, -0.05) is 0 Å². The Morgan fingerprint density at radius 1 is 1.03 bits per heavy atom. The van der Waals surface area contributed by atoms with Crippen LogP contribution < -0.4 is 14.8 Å². The smallest absolute Gasteiger partial charge is 0.308 e. The predicted octanol–water partition coefficient (Wildman–Crippen LogP) is 0.806. The van der Waals surface area contributed by atoms with Crippen LogP contribution in [0, 0.1) is 5.92 Å². The number of hydrogen-bond acceptors (Lipinski definition) is 7. The lowest BCUT2D eigenvalue weighted by Gasteiger charge is -2.37. The molecule has 0 radical (unpaired) electrons. The van der Waals surface area contributed by atoms with E-state index < -0.39 is 6.04 Å². The van der Waals surface area contributed by atoms with Gasteiger partial charge < -0.3 is 24.4 Å². The van der Waals surface area contributed by atoms with Gasteiger partial charge in [-0.2, -0.15) is 0 Å². The molecule has 0 aromatic heterocycles. The molecule has 9 nitrogen and oxygen atoms in total. The molecule has 1 N–H and O–H groups in total. The topological polar surface area (TPSA) is 97.4 Å². The number of carbonyl (C=O) groups excluding carboxylic acids is 3. The second-order valence-electron chi connectivity index (χ2n) is 7.88. The molecule has 1 aromatic rings. The second-order valence-corrected chi connectivity index (χ2v) is 7.88. The monoisotopic (exact) mass is 433 g/mol. The van der Waals surface area contributed by atoms with Crippen LogP contribution in [0.5, 0.6) is 11.5 Å². The molecule has 2 amide bonds. The number of likely N-dealkylation sites (tertiary alicyclic amines) is 1. The Morgan fingerprint density at radius 3 is 2.26 bits per heavy atom. The minimum atomic E-state index is -0.545. The number of nitrogens with one attached hydrogen (secondary N) is 1. The summed E-state index contributed by atoms with van der Waals surface area (Å²) in [6, 6.07) is 5.07. The molecule has 0 saturated carbocycles. The van der Waals surface area contributed by atoms with Gasteiger partial charge in [-0.25, -0.2) is 0 Å². The SMILES string of the molecule is COC(=O)C1CCN(C(=O)C[C@@H]2C(=O)NCCN2Cc2cc(OC)cc(OC)c2)CC1. The lowest BCUT2D eigenvalue weighted by molar-refractivity contribution is -0.149. The summed E-state index contributed by atoms with van der Waals surface area (Å²) in [7, 11) is 4.57. The number of benzene rings is 1. The first kappa shape index (κ1) is 22.9. The molecule has 2 aliphatic rings. The number of rotatable bonds is 7. The van der Waals surface area contributed by atoms with Gasteiger partial charge in [-0.15, -0.1) is 0 Å². The molecule has 170 valence electrons. The summed E-state index contributed by atoms with van der Waals surface area (Å²) in [6.45, 7) is 2.69. The fraction of sp³-hybridized carbons (Fsp3) is 0.591. The number of hydrogen-bond donors (Lipinski definition) is 1. The lowest BCUT2D eigenvalue weighted by Crippen LogP contribution is -2.56. The Labute approximate surface area is 182 Å². The molecule has 0 bridgehead atoms. The van der Waals surface area contributed by atoms with Crippen molar-refractivity contribution in [2.45, 2.75) is 31.8 Å². The maximum Gasteiger partial charge on any atom is 0.308 e. The van der Waals surface area contributed by atoms with Crippen molar-refractivity contribution in [3.8, 4) is 11.5 Å². The van der Waals surface area contributed by atoms with Crippen LogP contribution in [-0.4, -0.2) is 81.1 Å². The van der Waals surface area contributed by atoms with E-state index in [1.807, 2.05) is 17.0 Å². The van der Waals surface area contributed by atoms with Gasteiger partial charge in [-0.05, 0) is 30.5 Å². The van der Waals surface area contributed by atoms with Crippen molar-refractivity contribution >= 4 is 17.8 Å². The van der Waals surface area contributed by atoms with Crippen molar-refractivity contribution < 1.29 is 28.6 Å². The number of carbonyl (C=O) groups is 3. The van der Waals surface area contributed by atoms with Crippen molar-refractivity contribution in [3.05, 3.63) is 23.8 Å². The minimum Gasteiger partial charge on any atom is -0.497 e. The molecule has 0 aliphatic carbocycles. The highest BCUT2D eigenvalue weighted by atomic mass is 16.5. The number of esters is 1. The maximum absolute atomic E-state index is 12.9. The Hall–Kier alpha value is -2.81. The average molecular weight is 434 g/mol. The highest BCUT2D eigenvalue weighted by Gasteiger charge is 2.34. The third kappa shape index (κ3) is 5.66. The normalized spacial score (nSPS) is 20.2. The third-order valence-corrected chi connectivity index (χ3v) is 5.99. The molecule has 1 atom stereocenters. The Kier molecular flexibility index (Phi) is 7.73. The molecule has 2 aliphatic heterocycles. The molecule has 31 heavy (non-hydrogen) atoms. The van der Waals surface area contributed by atoms with Gasteiger partial charge >= 0.3 is 5.97 Å². The zero-order valence-corrected chi connectivity index (χ0v) is 18.4. The summed E-state index contributed by atoms with van der Waals surface area (Å²) in [6.07, 6.45) is 1.28. The van der Waals surface area contributed by atoms with E-state index in [1.165, 1.54) is 7.11 Å². The van der Waals surface area contributed by atoms with Crippen LogP contribution in [0.2, 0.25) is 0 Å². The first-order valence-corrected chi connectivity index (χ1v) is 10.5. The highest BCUT2D eigenvalue weighted by Crippen LogP contribution is 2.25. The number of piperazine rings is 1. The second kappa shape index (κ2) is 10.5. The molecular weight excluding hydrogens is 402 g/mol. The van der Waals surface area contributed by atoms with Gasteiger partial charge in [0.15, 0.2) is 0 Å². The summed E-state index contributed by atoms with van der Waals surface area (Å²) in [5.74, 6) is 0.761. The van der Waals surface area contributed by atoms with E-state index in [0.29, 0.717) is 57.1 Å². The quantitative estimate of drug-likeness (QED) is 0.636. The van der Waals surface area contributed by atoms with Crippen molar-refractivity contribution in [2.24, 2.45) is 5.92 Å². The van der Waals surface area contributed by atoms with Gasteiger partial charge in [0.05, 0.1) is 39.7 Å². The molecular formula is C22H31N3O6. The largest absolute Gasteiger partial charge is 0.497 e. The first-order valence-electron chi connectivity index (χ1n) is 10.5. The van der Waals surface area contributed by atoms with Crippen molar-refractivity contribution in [2.75, 3.05) is 47.5 Å². The van der Waals surface area contributed by atoms with Crippen LogP contribution in [0.4, 0.5) is 0 Å². The van der Waals surface area contributed by atoms with Crippen LogP contribution in [0.25, 0.3) is 0 Å². The van der Waals surface area contributed by atoms with Gasteiger partial charge in [0, 0.05) is 38.8 Å². The number of methoxy groups -OCH3 is 3. The number of nitrogens with zero attached hydrogens (tertiary/aromatic N) is 2. The molecule has 2 saturated heterocycles. The van der Waals surface area contributed by atoms with Crippen LogP contribution in [0.1, 0.15) is 24.8 Å². The zero-order valence-electron chi connectivity index (χ0n) is 18.4. The summed E-state index contributed by atoms with van der Waals surface area (Å²) in [5.41, 5.74) is 0.947. The summed E-state index contributed by atoms with van der Waals surface area (Å²) in [5, 5.41) is 2.87. The van der Waals surface area contributed by atoms with E-state index in [2.05, 4.69) is 5.32 Å². The molecule has 2 fully saturated rings. The Bertz CT molecular complexity index is 784. The lowest BCUT2D eigenvalue weighted by atomic mass is 9.96. The van der Waals surface area contributed by atoms with E-state index in [-0.39, 0.29) is 30.1 Å². The fourth-order valence-corrected chi connectivity index (χ4v) is 4.19. The average Bonchev–Trinajstić information content (AvgIpc) is 2.80. The summed E-state index contributed by atoms with van der Waals surface area (Å²) >= 11 is 0. The molecule has 0 unspecified atom stereocenters. The number of ether oxygens (including phenoxy) is 3. The van der Waals surface area contributed by atoms with Crippen LogP contribution in [-0.2, 0) is 25.7 Å². The van der Waals surface area contributed by atoms with E-state index in [9.17, 15) is 14.4 Å². The van der Waals surface area contributed by atoms with Crippen LogP contribution in [0.15, 0.2) is 18.2 Å². The van der Waals surface area contributed by atoms with E-state index in [1.54, 1.807) is 25.2 Å². The van der Waals surface area contributed by atoms with E-state index >= 15 is 0 Å².